The monoisotopic (exact) mass is 222 g/mol. The molecule has 1 aromatic carbocycles. The van der Waals surface area contributed by atoms with E-state index in [1.807, 2.05) is 12.1 Å². The van der Waals surface area contributed by atoms with Crippen LogP contribution in [0.25, 0.3) is 0 Å². The number of piperidine rings is 1. The molecule has 0 amide bonds. The standard InChI is InChI=1S/C13H19FN2/c1-9-3-4-11(7-12(9)14)16-6-5-13(15)10(2)8-16/h3-4,7,10,13H,5-6,8,15H2,1-2H3. The number of rotatable bonds is 1. The molecule has 1 aliphatic rings. The molecule has 1 saturated heterocycles. The lowest BCUT2D eigenvalue weighted by molar-refractivity contribution is 0.382. The first-order valence-electron chi connectivity index (χ1n) is 5.84. The topological polar surface area (TPSA) is 29.3 Å². The number of hydrogen-bond donors (Lipinski definition) is 1. The number of benzene rings is 1. The average Bonchev–Trinajstić information content (AvgIpc) is 2.26. The maximum atomic E-state index is 13.5. The van der Waals surface area contributed by atoms with E-state index in [2.05, 4.69) is 11.8 Å². The normalized spacial score (nSPS) is 25.9. The highest BCUT2D eigenvalue weighted by Gasteiger charge is 2.23. The summed E-state index contributed by atoms with van der Waals surface area (Å²) in [4.78, 5) is 2.22. The summed E-state index contributed by atoms with van der Waals surface area (Å²) in [7, 11) is 0. The van der Waals surface area contributed by atoms with Gasteiger partial charge >= 0.3 is 0 Å². The lowest BCUT2D eigenvalue weighted by Crippen LogP contribution is -2.46. The van der Waals surface area contributed by atoms with Crippen LogP contribution in [-0.2, 0) is 0 Å². The van der Waals surface area contributed by atoms with Crippen LogP contribution < -0.4 is 10.6 Å². The third-order valence-electron chi connectivity index (χ3n) is 3.49. The molecule has 0 spiro atoms. The van der Waals surface area contributed by atoms with Crippen molar-refractivity contribution >= 4 is 5.69 Å². The molecule has 88 valence electrons. The van der Waals surface area contributed by atoms with Crippen LogP contribution in [0.3, 0.4) is 0 Å². The Kier molecular flexibility index (Phi) is 3.15. The first kappa shape index (κ1) is 11.4. The Morgan fingerprint density at radius 3 is 2.81 bits per heavy atom. The number of nitrogens with two attached hydrogens (primary N) is 1. The van der Waals surface area contributed by atoms with Gasteiger partial charge in [0.25, 0.3) is 0 Å². The van der Waals surface area contributed by atoms with Gasteiger partial charge in [0, 0.05) is 24.8 Å². The summed E-state index contributed by atoms with van der Waals surface area (Å²) in [5, 5.41) is 0. The van der Waals surface area contributed by atoms with Gasteiger partial charge < -0.3 is 10.6 Å². The zero-order chi connectivity index (χ0) is 11.7. The molecule has 0 aliphatic carbocycles. The third-order valence-corrected chi connectivity index (χ3v) is 3.49. The highest BCUT2D eigenvalue weighted by Crippen LogP contribution is 2.24. The fraction of sp³-hybridized carbons (Fsp3) is 0.538. The minimum absolute atomic E-state index is 0.125. The van der Waals surface area contributed by atoms with Gasteiger partial charge in [0.05, 0.1) is 0 Å². The van der Waals surface area contributed by atoms with Gasteiger partial charge in [-0.3, -0.25) is 0 Å². The van der Waals surface area contributed by atoms with Gasteiger partial charge in [-0.1, -0.05) is 13.0 Å². The molecule has 2 nitrogen and oxygen atoms in total. The van der Waals surface area contributed by atoms with Crippen LogP contribution >= 0.6 is 0 Å². The van der Waals surface area contributed by atoms with Crippen LogP contribution in [0.15, 0.2) is 18.2 Å². The molecule has 0 saturated carbocycles. The first-order valence-corrected chi connectivity index (χ1v) is 5.84. The first-order chi connectivity index (χ1) is 7.58. The molecule has 2 unspecified atom stereocenters. The van der Waals surface area contributed by atoms with Crippen LogP contribution in [0.2, 0.25) is 0 Å². The van der Waals surface area contributed by atoms with Crippen molar-refractivity contribution in [3.8, 4) is 0 Å². The predicted molar refractivity (Wildman–Crippen MR) is 65.1 cm³/mol. The van der Waals surface area contributed by atoms with Gasteiger partial charge in [0.1, 0.15) is 5.82 Å². The molecule has 1 fully saturated rings. The van der Waals surface area contributed by atoms with Gasteiger partial charge in [-0.15, -0.1) is 0 Å². The lowest BCUT2D eigenvalue weighted by atomic mass is 9.94. The second-order valence-electron chi connectivity index (χ2n) is 4.81. The fourth-order valence-corrected chi connectivity index (χ4v) is 2.18. The molecular weight excluding hydrogens is 203 g/mol. The number of anilines is 1. The van der Waals surface area contributed by atoms with Crippen molar-refractivity contribution in [2.45, 2.75) is 26.3 Å². The molecule has 2 atom stereocenters. The van der Waals surface area contributed by atoms with Crippen molar-refractivity contribution in [2.24, 2.45) is 11.7 Å². The van der Waals surface area contributed by atoms with Crippen molar-refractivity contribution in [3.63, 3.8) is 0 Å². The summed E-state index contributed by atoms with van der Waals surface area (Å²) in [6.45, 7) is 5.78. The number of hydrogen-bond acceptors (Lipinski definition) is 2. The molecule has 0 aromatic heterocycles. The Balaban J connectivity index is 2.15. The molecule has 0 bridgehead atoms. The Morgan fingerprint density at radius 2 is 2.19 bits per heavy atom. The number of aryl methyl sites for hydroxylation is 1. The van der Waals surface area contributed by atoms with E-state index in [9.17, 15) is 4.39 Å². The predicted octanol–water partition coefficient (Wildman–Crippen LogP) is 2.31. The van der Waals surface area contributed by atoms with Crippen molar-refractivity contribution in [3.05, 3.63) is 29.6 Å². The second kappa shape index (κ2) is 4.42. The number of nitrogens with zero attached hydrogens (tertiary/aromatic N) is 1. The van der Waals surface area contributed by atoms with Gasteiger partial charge in [-0.2, -0.15) is 0 Å². The Bertz CT molecular complexity index is 378. The molecule has 0 radical (unpaired) electrons. The summed E-state index contributed by atoms with van der Waals surface area (Å²) in [6, 6.07) is 5.73. The van der Waals surface area contributed by atoms with E-state index >= 15 is 0 Å². The summed E-state index contributed by atoms with van der Waals surface area (Å²) < 4.78 is 13.5. The van der Waals surface area contributed by atoms with Crippen LogP contribution in [0.4, 0.5) is 10.1 Å². The third kappa shape index (κ3) is 2.19. The zero-order valence-corrected chi connectivity index (χ0v) is 9.91. The number of halogens is 1. The van der Waals surface area contributed by atoms with Crippen molar-refractivity contribution in [2.75, 3.05) is 18.0 Å². The summed E-state index contributed by atoms with van der Waals surface area (Å²) >= 11 is 0. The van der Waals surface area contributed by atoms with E-state index in [0.29, 0.717) is 11.5 Å². The smallest absolute Gasteiger partial charge is 0.128 e. The highest BCUT2D eigenvalue weighted by atomic mass is 19.1. The quantitative estimate of drug-likeness (QED) is 0.790. The van der Waals surface area contributed by atoms with Crippen LogP contribution in [0, 0.1) is 18.7 Å². The highest BCUT2D eigenvalue weighted by molar-refractivity contribution is 5.48. The van der Waals surface area contributed by atoms with E-state index in [-0.39, 0.29) is 11.9 Å². The van der Waals surface area contributed by atoms with E-state index in [1.54, 1.807) is 13.0 Å². The van der Waals surface area contributed by atoms with E-state index in [0.717, 1.165) is 25.2 Å². The maximum absolute atomic E-state index is 13.5. The Morgan fingerprint density at radius 1 is 1.44 bits per heavy atom. The molecular formula is C13H19FN2. The zero-order valence-electron chi connectivity index (χ0n) is 9.91. The van der Waals surface area contributed by atoms with Crippen LogP contribution in [0.1, 0.15) is 18.9 Å². The molecule has 1 aliphatic heterocycles. The second-order valence-corrected chi connectivity index (χ2v) is 4.81. The molecule has 2 N–H and O–H groups in total. The van der Waals surface area contributed by atoms with Crippen LogP contribution in [0.5, 0.6) is 0 Å². The van der Waals surface area contributed by atoms with E-state index in [4.69, 9.17) is 5.73 Å². The average molecular weight is 222 g/mol. The van der Waals surface area contributed by atoms with E-state index in [1.165, 1.54) is 0 Å². The van der Waals surface area contributed by atoms with E-state index < -0.39 is 0 Å². The largest absolute Gasteiger partial charge is 0.371 e. The van der Waals surface area contributed by atoms with Gasteiger partial charge in [0.15, 0.2) is 0 Å². The molecule has 3 heteroatoms. The van der Waals surface area contributed by atoms with Crippen molar-refractivity contribution < 1.29 is 4.39 Å². The fourth-order valence-electron chi connectivity index (χ4n) is 2.18. The summed E-state index contributed by atoms with van der Waals surface area (Å²) in [5.74, 6) is 0.345. The van der Waals surface area contributed by atoms with Gasteiger partial charge in [0.2, 0.25) is 0 Å². The lowest BCUT2D eigenvalue weighted by Gasteiger charge is -2.36. The molecule has 1 heterocycles. The molecule has 16 heavy (non-hydrogen) atoms. The SMILES string of the molecule is Cc1ccc(N2CCC(N)C(C)C2)cc1F. The van der Waals surface area contributed by atoms with Gasteiger partial charge in [-0.05, 0) is 37.0 Å². The maximum Gasteiger partial charge on any atom is 0.128 e. The Labute approximate surface area is 96.2 Å². The van der Waals surface area contributed by atoms with Crippen molar-refractivity contribution in [1.82, 2.24) is 0 Å². The molecule has 2 rings (SSSR count). The van der Waals surface area contributed by atoms with Gasteiger partial charge in [-0.25, -0.2) is 4.39 Å². The van der Waals surface area contributed by atoms with Crippen molar-refractivity contribution in [1.29, 1.82) is 0 Å². The Hall–Kier alpha value is -1.09. The molecule has 1 aromatic rings. The van der Waals surface area contributed by atoms with Crippen LogP contribution in [-0.4, -0.2) is 19.1 Å². The minimum Gasteiger partial charge on any atom is -0.371 e. The minimum atomic E-state index is -0.125. The summed E-state index contributed by atoms with van der Waals surface area (Å²) in [5.41, 5.74) is 7.65. The summed E-state index contributed by atoms with van der Waals surface area (Å²) in [6.07, 6.45) is 0.983.